The molecule has 0 aliphatic rings. The minimum atomic E-state index is 0.212. The minimum absolute atomic E-state index is 0.212. The van der Waals surface area contributed by atoms with E-state index < -0.39 is 0 Å². The lowest BCUT2D eigenvalue weighted by molar-refractivity contribution is 1.13. The Morgan fingerprint density at radius 1 is 1.19 bits per heavy atom. The topological polar surface area (TPSA) is 77.8 Å². The van der Waals surface area contributed by atoms with Gasteiger partial charge in [-0.05, 0) is 47.2 Å². The van der Waals surface area contributed by atoms with Crippen LogP contribution in [0.15, 0.2) is 24.3 Å². The molecule has 1 aromatic carbocycles. The average Bonchev–Trinajstić information content (AvgIpc) is 2.15. The van der Waals surface area contributed by atoms with Crippen molar-refractivity contribution < 1.29 is 0 Å². The van der Waals surface area contributed by atoms with Crippen molar-refractivity contribution in [3.63, 3.8) is 0 Å². The first kappa shape index (κ1) is 11.1. The smallest absolute Gasteiger partial charge is 0.222 e. The number of halogens is 1. The number of anilines is 2. The van der Waals surface area contributed by atoms with Crippen molar-refractivity contribution >= 4 is 34.4 Å². The van der Waals surface area contributed by atoms with Crippen LogP contribution in [-0.4, -0.2) is 9.97 Å². The number of hydrogen-bond acceptors (Lipinski definition) is 4. The Balaban J connectivity index is 2.64. The molecule has 0 aliphatic heterocycles. The van der Waals surface area contributed by atoms with Gasteiger partial charge in [-0.25, -0.2) is 4.98 Å². The SMILES string of the molecule is Cc1nc(N)nc(N)c1-c1cccc(I)c1. The number of nitrogens with two attached hydrogens (primary N) is 2. The first-order valence-corrected chi connectivity index (χ1v) is 5.81. The molecule has 0 fully saturated rings. The van der Waals surface area contributed by atoms with Crippen LogP contribution in [0.1, 0.15) is 5.69 Å². The van der Waals surface area contributed by atoms with Gasteiger partial charge in [0.05, 0.1) is 5.69 Å². The predicted molar refractivity (Wildman–Crippen MR) is 73.7 cm³/mol. The van der Waals surface area contributed by atoms with Gasteiger partial charge >= 0.3 is 0 Å². The summed E-state index contributed by atoms with van der Waals surface area (Å²) in [6.45, 7) is 1.88. The molecular weight excluding hydrogens is 315 g/mol. The Labute approximate surface area is 107 Å². The van der Waals surface area contributed by atoms with Gasteiger partial charge in [0, 0.05) is 9.13 Å². The Morgan fingerprint density at radius 2 is 1.94 bits per heavy atom. The van der Waals surface area contributed by atoms with E-state index in [-0.39, 0.29) is 5.95 Å². The predicted octanol–water partition coefficient (Wildman–Crippen LogP) is 2.22. The van der Waals surface area contributed by atoms with Crippen molar-refractivity contribution in [3.05, 3.63) is 33.5 Å². The van der Waals surface area contributed by atoms with Gasteiger partial charge in [0.15, 0.2) is 0 Å². The maximum Gasteiger partial charge on any atom is 0.222 e. The second-order valence-corrected chi connectivity index (χ2v) is 4.68. The number of aryl methyl sites for hydroxylation is 1. The summed E-state index contributed by atoms with van der Waals surface area (Å²) in [7, 11) is 0. The van der Waals surface area contributed by atoms with Crippen LogP contribution in [0.4, 0.5) is 11.8 Å². The van der Waals surface area contributed by atoms with Gasteiger partial charge in [0.1, 0.15) is 5.82 Å². The summed E-state index contributed by atoms with van der Waals surface area (Å²) in [5, 5.41) is 0. The van der Waals surface area contributed by atoms with Crippen LogP contribution in [-0.2, 0) is 0 Å². The highest BCUT2D eigenvalue weighted by molar-refractivity contribution is 14.1. The molecule has 0 spiro atoms. The van der Waals surface area contributed by atoms with E-state index in [1.807, 2.05) is 31.2 Å². The van der Waals surface area contributed by atoms with E-state index in [1.54, 1.807) is 0 Å². The number of aromatic nitrogens is 2. The number of nitrogen functional groups attached to an aromatic ring is 2. The number of nitrogens with zero attached hydrogens (tertiary/aromatic N) is 2. The average molecular weight is 326 g/mol. The zero-order valence-electron chi connectivity index (χ0n) is 8.74. The van der Waals surface area contributed by atoms with Crippen molar-refractivity contribution in [2.75, 3.05) is 11.5 Å². The summed E-state index contributed by atoms with van der Waals surface area (Å²) >= 11 is 2.26. The standard InChI is InChI=1S/C11H11IN4/c1-6-9(10(13)16-11(14)15-6)7-3-2-4-8(12)5-7/h2-5H,1H3,(H4,13,14,15,16). The van der Waals surface area contributed by atoms with Crippen LogP contribution in [0.5, 0.6) is 0 Å². The Kier molecular flexibility index (Phi) is 2.95. The van der Waals surface area contributed by atoms with Crippen LogP contribution in [0.3, 0.4) is 0 Å². The molecule has 0 aliphatic carbocycles. The van der Waals surface area contributed by atoms with Crippen LogP contribution in [0, 0.1) is 10.5 Å². The molecule has 4 nitrogen and oxygen atoms in total. The largest absolute Gasteiger partial charge is 0.383 e. The van der Waals surface area contributed by atoms with E-state index >= 15 is 0 Å². The molecule has 82 valence electrons. The van der Waals surface area contributed by atoms with Gasteiger partial charge in [0.2, 0.25) is 5.95 Å². The minimum Gasteiger partial charge on any atom is -0.383 e. The lowest BCUT2D eigenvalue weighted by Gasteiger charge is -2.09. The summed E-state index contributed by atoms with van der Waals surface area (Å²) in [5.41, 5.74) is 14.1. The Bertz CT molecular complexity index is 516. The molecule has 0 amide bonds. The van der Waals surface area contributed by atoms with Crippen LogP contribution < -0.4 is 11.5 Å². The van der Waals surface area contributed by atoms with Crippen LogP contribution in [0.2, 0.25) is 0 Å². The Morgan fingerprint density at radius 3 is 2.56 bits per heavy atom. The van der Waals surface area contributed by atoms with E-state index in [2.05, 4.69) is 32.6 Å². The number of benzene rings is 1. The highest BCUT2D eigenvalue weighted by atomic mass is 127. The molecule has 4 N–H and O–H groups in total. The molecule has 0 radical (unpaired) electrons. The molecule has 0 atom stereocenters. The van der Waals surface area contributed by atoms with E-state index in [0.717, 1.165) is 20.4 Å². The van der Waals surface area contributed by atoms with E-state index in [1.165, 1.54) is 0 Å². The quantitative estimate of drug-likeness (QED) is 0.788. The van der Waals surface area contributed by atoms with Crippen LogP contribution >= 0.6 is 22.6 Å². The monoisotopic (exact) mass is 326 g/mol. The molecule has 5 heteroatoms. The molecule has 0 bridgehead atoms. The maximum atomic E-state index is 5.87. The third-order valence-electron chi connectivity index (χ3n) is 2.25. The van der Waals surface area contributed by atoms with Gasteiger partial charge < -0.3 is 11.5 Å². The van der Waals surface area contributed by atoms with E-state index in [4.69, 9.17) is 11.5 Å². The first-order valence-electron chi connectivity index (χ1n) is 4.73. The fourth-order valence-electron chi connectivity index (χ4n) is 1.62. The van der Waals surface area contributed by atoms with E-state index in [0.29, 0.717) is 5.82 Å². The number of rotatable bonds is 1. The second-order valence-electron chi connectivity index (χ2n) is 3.44. The lowest BCUT2D eigenvalue weighted by Crippen LogP contribution is -2.04. The fourth-order valence-corrected chi connectivity index (χ4v) is 2.16. The van der Waals surface area contributed by atoms with Crippen molar-refractivity contribution in [1.82, 2.24) is 9.97 Å². The summed E-state index contributed by atoms with van der Waals surface area (Å²) in [5.74, 6) is 0.636. The normalized spacial score (nSPS) is 10.4. The zero-order chi connectivity index (χ0) is 11.7. The molecule has 0 unspecified atom stereocenters. The molecule has 2 aromatic rings. The molecule has 1 aromatic heterocycles. The molecule has 2 rings (SSSR count). The zero-order valence-corrected chi connectivity index (χ0v) is 10.9. The maximum absolute atomic E-state index is 5.87. The lowest BCUT2D eigenvalue weighted by atomic mass is 10.1. The van der Waals surface area contributed by atoms with Gasteiger partial charge in [-0.2, -0.15) is 4.98 Å². The summed E-state index contributed by atoms with van der Waals surface area (Å²) in [4.78, 5) is 8.11. The highest BCUT2D eigenvalue weighted by Crippen LogP contribution is 2.28. The molecule has 0 saturated heterocycles. The van der Waals surface area contributed by atoms with Gasteiger partial charge in [-0.15, -0.1) is 0 Å². The van der Waals surface area contributed by atoms with Crippen molar-refractivity contribution in [2.45, 2.75) is 6.92 Å². The van der Waals surface area contributed by atoms with Gasteiger partial charge in [-0.1, -0.05) is 12.1 Å². The molecular formula is C11H11IN4. The van der Waals surface area contributed by atoms with Gasteiger partial charge in [0.25, 0.3) is 0 Å². The first-order chi connectivity index (χ1) is 7.58. The highest BCUT2D eigenvalue weighted by Gasteiger charge is 2.10. The Hall–Kier alpha value is -1.37. The summed E-state index contributed by atoms with van der Waals surface area (Å²) < 4.78 is 1.14. The summed E-state index contributed by atoms with van der Waals surface area (Å²) in [6.07, 6.45) is 0. The second kappa shape index (κ2) is 4.25. The van der Waals surface area contributed by atoms with Crippen LogP contribution in [0.25, 0.3) is 11.1 Å². The molecule has 16 heavy (non-hydrogen) atoms. The van der Waals surface area contributed by atoms with Gasteiger partial charge in [-0.3, -0.25) is 0 Å². The van der Waals surface area contributed by atoms with Crippen molar-refractivity contribution in [1.29, 1.82) is 0 Å². The molecule has 1 heterocycles. The number of hydrogen-bond donors (Lipinski definition) is 2. The van der Waals surface area contributed by atoms with Crippen molar-refractivity contribution in [2.24, 2.45) is 0 Å². The molecule has 0 saturated carbocycles. The fraction of sp³-hybridized carbons (Fsp3) is 0.0909. The third kappa shape index (κ3) is 2.08. The third-order valence-corrected chi connectivity index (χ3v) is 2.92. The van der Waals surface area contributed by atoms with E-state index in [9.17, 15) is 0 Å². The summed E-state index contributed by atoms with van der Waals surface area (Å²) in [6, 6.07) is 8.03. The van der Waals surface area contributed by atoms with Crippen molar-refractivity contribution in [3.8, 4) is 11.1 Å².